The molecule has 1 saturated heterocycles. The summed E-state index contributed by atoms with van der Waals surface area (Å²) < 4.78 is 41.2. The van der Waals surface area contributed by atoms with Crippen LogP contribution in [0.4, 0.5) is 0 Å². The molecule has 0 radical (unpaired) electrons. The van der Waals surface area contributed by atoms with Crippen molar-refractivity contribution in [1.29, 1.82) is 0 Å². The number of carbonyl (C=O) groups excluding carboxylic acids is 1. The van der Waals surface area contributed by atoms with Crippen LogP contribution in [0.5, 0.6) is 5.75 Å². The Balaban J connectivity index is 1.37. The Morgan fingerprint density at radius 2 is 1.94 bits per heavy atom. The van der Waals surface area contributed by atoms with Gasteiger partial charge in [-0.2, -0.15) is 0 Å². The largest absolute Gasteiger partial charge is 0.493 e. The Morgan fingerprint density at radius 3 is 2.64 bits per heavy atom. The van der Waals surface area contributed by atoms with E-state index in [9.17, 15) is 13.2 Å². The molecule has 4 rings (SSSR count). The molecule has 12 heteroatoms. The lowest BCUT2D eigenvalue weighted by atomic mass is 9.98. The van der Waals surface area contributed by atoms with Crippen molar-refractivity contribution in [3.05, 3.63) is 47.5 Å². The molecule has 3 aromatic rings. The number of rotatable bonds is 8. The molecule has 2 N–H and O–H groups in total. The molecule has 176 valence electrons. The molecule has 1 aromatic heterocycles. The van der Waals surface area contributed by atoms with E-state index in [4.69, 9.17) is 30.7 Å². The van der Waals surface area contributed by atoms with E-state index in [-0.39, 0.29) is 31.0 Å². The van der Waals surface area contributed by atoms with E-state index >= 15 is 0 Å². The molecule has 1 aliphatic rings. The SMILES string of the molecule is O=C(NO)C1(S(=O)(=O)c2ccc(OCCSc3nc4ccc(Cl)cc4o3)cc2)CCOCC1. The number of oxazole rings is 1. The summed E-state index contributed by atoms with van der Waals surface area (Å²) in [5, 5.41) is 10.2. The first kappa shape index (κ1) is 23.8. The standard InChI is InChI=1S/C21H21ClN2O7S2/c22-14-1-6-17-18(13-14)31-20(23-17)32-12-11-30-15-2-4-16(5-3-15)33(27,28)21(19(25)24-26)7-9-29-10-8-21/h1-6,13,26H,7-12H2,(H,24,25). The number of hydrogen-bond donors (Lipinski definition) is 2. The summed E-state index contributed by atoms with van der Waals surface area (Å²) in [4.78, 5) is 16.6. The fraction of sp³-hybridized carbons (Fsp3) is 0.333. The fourth-order valence-electron chi connectivity index (χ4n) is 3.59. The summed E-state index contributed by atoms with van der Waals surface area (Å²) in [5.74, 6) is 0.0802. The van der Waals surface area contributed by atoms with Gasteiger partial charge in [0.05, 0.1) is 11.5 Å². The zero-order chi connectivity index (χ0) is 23.5. The van der Waals surface area contributed by atoms with Crippen LogP contribution < -0.4 is 10.2 Å². The summed E-state index contributed by atoms with van der Waals surface area (Å²) in [6.07, 6.45) is -0.0849. The minimum atomic E-state index is -4.07. The lowest BCUT2D eigenvalue weighted by Gasteiger charge is -2.34. The molecule has 1 aliphatic heterocycles. The van der Waals surface area contributed by atoms with E-state index in [1.807, 2.05) is 0 Å². The molecular formula is C21H21ClN2O7S2. The Kier molecular flexibility index (Phi) is 7.15. The number of hydroxylamine groups is 1. The molecular weight excluding hydrogens is 492 g/mol. The maximum atomic E-state index is 13.2. The highest BCUT2D eigenvalue weighted by atomic mass is 35.5. The number of amides is 1. The maximum absolute atomic E-state index is 13.2. The molecule has 9 nitrogen and oxygen atoms in total. The van der Waals surface area contributed by atoms with Crippen molar-refractivity contribution in [3.8, 4) is 5.75 Å². The van der Waals surface area contributed by atoms with Crippen molar-refractivity contribution in [2.75, 3.05) is 25.6 Å². The Bertz CT molecular complexity index is 1240. The highest BCUT2D eigenvalue weighted by Crippen LogP contribution is 2.36. The van der Waals surface area contributed by atoms with E-state index in [2.05, 4.69) is 4.98 Å². The number of fused-ring (bicyclic) bond motifs is 1. The van der Waals surface area contributed by atoms with Crippen molar-refractivity contribution in [2.24, 2.45) is 0 Å². The third kappa shape index (κ3) is 4.82. The topological polar surface area (TPSA) is 128 Å². The molecule has 33 heavy (non-hydrogen) atoms. The van der Waals surface area contributed by atoms with Gasteiger partial charge in [-0.3, -0.25) is 10.0 Å². The zero-order valence-corrected chi connectivity index (χ0v) is 19.7. The number of nitrogens with zero attached hydrogens (tertiary/aromatic N) is 1. The van der Waals surface area contributed by atoms with Gasteiger partial charge < -0.3 is 13.9 Å². The minimum absolute atomic E-state index is 0.0279. The molecule has 0 saturated carbocycles. The van der Waals surface area contributed by atoms with Crippen molar-refractivity contribution >= 4 is 50.2 Å². The Labute approximate surface area is 199 Å². The van der Waals surface area contributed by atoms with Crippen LogP contribution in [-0.2, 0) is 19.4 Å². The van der Waals surface area contributed by atoms with Gasteiger partial charge in [0.25, 0.3) is 11.1 Å². The number of benzene rings is 2. The van der Waals surface area contributed by atoms with E-state index < -0.39 is 20.5 Å². The Morgan fingerprint density at radius 1 is 1.21 bits per heavy atom. The second-order valence-corrected chi connectivity index (χ2v) is 11.1. The van der Waals surface area contributed by atoms with E-state index in [0.717, 1.165) is 5.52 Å². The smallest absolute Gasteiger partial charge is 0.265 e. The zero-order valence-electron chi connectivity index (χ0n) is 17.3. The van der Waals surface area contributed by atoms with Crippen LogP contribution in [0.1, 0.15) is 12.8 Å². The quantitative estimate of drug-likeness (QED) is 0.202. The van der Waals surface area contributed by atoms with Gasteiger partial charge in [-0.15, -0.1) is 0 Å². The van der Waals surface area contributed by atoms with Crippen LogP contribution in [-0.4, -0.2) is 54.8 Å². The van der Waals surface area contributed by atoms with Gasteiger partial charge in [0, 0.05) is 30.1 Å². The predicted molar refractivity (Wildman–Crippen MR) is 122 cm³/mol. The molecule has 0 bridgehead atoms. The molecule has 1 fully saturated rings. The predicted octanol–water partition coefficient (Wildman–Crippen LogP) is 3.48. The van der Waals surface area contributed by atoms with E-state index in [1.165, 1.54) is 41.5 Å². The number of ether oxygens (including phenoxy) is 2. The second kappa shape index (κ2) is 9.90. The fourth-order valence-corrected chi connectivity index (χ4v) is 6.34. The van der Waals surface area contributed by atoms with Gasteiger partial charge in [-0.1, -0.05) is 23.4 Å². The monoisotopic (exact) mass is 512 g/mol. The summed E-state index contributed by atoms with van der Waals surface area (Å²) in [6, 6.07) is 11.1. The van der Waals surface area contributed by atoms with Gasteiger partial charge in [0.2, 0.25) is 0 Å². The van der Waals surface area contributed by atoms with Crippen molar-refractivity contribution < 1.29 is 32.3 Å². The van der Waals surface area contributed by atoms with E-state index in [1.54, 1.807) is 18.2 Å². The number of thioether (sulfide) groups is 1. The highest BCUT2D eigenvalue weighted by Gasteiger charge is 2.52. The van der Waals surface area contributed by atoms with Gasteiger partial charge in [-0.05, 0) is 49.2 Å². The van der Waals surface area contributed by atoms with Gasteiger partial charge in [-0.25, -0.2) is 18.9 Å². The average molecular weight is 513 g/mol. The van der Waals surface area contributed by atoms with Crippen molar-refractivity contribution in [1.82, 2.24) is 10.5 Å². The van der Waals surface area contributed by atoms with Gasteiger partial charge >= 0.3 is 0 Å². The maximum Gasteiger partial charge on any atom is 0.265 e. The molecule has 2 heterocycles. The first-order chi connectivity index (χ1) is 15.9. The van der Waals surface area contributed by atoms with Crippen molar-refractivity contribution in [3.63, 3.8) is 0 Å². The van der Waals surface area contributed by atoms with Crippen molar-refractivity contribution in [2.45, 2.75) is 27.7 Å². The first-order valence-electron chi connectivity index (χ1n) is 10.0. The van der Waals surface area contributed by atoms with Crippen LogP contribution in [0, 0.1) is 0 Å². The summed E-state index contributed by atoms with van der Waals surface area (Å²) in [7, 11) is -4.07. The summed E-state index contributed by atoms with van der Waals surface area (Å²) >= 11 is 7.33. The minimum Gasteiger partial charge on any atom is -0.493 e. The number of aromatic nitrogens is 1. The number of halogens is 1. The molecule has 0 aliphatic carbocycles. The first-order valence-corrected chi connectivity index (χ1v) is 12.9. The van der Waals surface area contributed by atoms with Crippen LogP contribution in [0.25, 0.3) is 11.1 Å². The lowest BCUT2D eigenvalue weighted by molar-refractivity contribution is -0.134. The third-order valence-corrected chi connectivity index (χ3v) is 8.92. The lowest BCUT2D eigenvalue weighted by Crippen LogP contribution is -2.54. The van der Waals surface area contributed by atoms with Crippen LogP contribution in [0.3, 0.4) is 0 Å². The number of nitrogens with one attached hydrogen (secondary N) is 1. The number of hydrogen-bond acceptors (Lipinski definition) is 9. The number of sulfone groups is 1. The van der Waals surface area contributed by atoms with Crippen LogP contribution in [0.2, 0.25) is 5.02 Å². The number of carbonyl (C=O) groups is 1. The van der Waals surface area contributed by atoms with Gasteiger partial charge in [0.15, 0.2) is 20.2 Å². The molecule has 0 unspecified atom stereocenters. The summed E-state index contributed by atoms with van der Waals surface area (Å²) in [5.41, 5.74) is 2.83. The summed E-state index contributed by atoms with van der Waals surface area (Å²) in [6.45, 7) is 0.557. The molecule has 0 atom stereocenters. The third-order valence-electron chi connectivity index (χ3n) is 5.37. The van der Waals surface area contributed by atoms with Crippen LogP contribution in [0.15, 0.2) is 57.0 Å². The van der Waals surface area contributed by atoms with E-state index in [0.29, 0.717) is 33.9 Å². The highest BCUT2D eigenvalue weighted by molar-refractivity contribution is 7.99. The second-order valence-electron chi connectivity index (χ2n) is 7.31. The van der Waals surface area contributed by atoms with Crippen LogP contribution >= 0.6 is 23.4 Å². The normalized spacial score (nSPS) is 15.9. The average Bonchev–Trinajstić information content (AvgIpc) is 3.23. The molecule has 2 aromatic carbocycles. The van der Waals surface area contributed by atoms with Gasteiger partial charge in [0.1, 0.15) is 11.3 Å². The Hall–Kier alpha value is -2.31. The molecule has 1 amide bonds. The molecule has 0 spiro atoms.